The van der Waals surface area contributed by atoms with Crippen LogP contribution in [-0.4, -0.2) is 35.0 Å². The quantitative estimate of drug-likeness (QED) is 0.844. The molecule has 1 aliphatic rings. The molecule has 1 aromatic carbocycles. The van der Waals surface area contributed by atoms with Crippen LogP contribution in [0.15, 0.2) is 30.5 Å². The van der Waals surface area contributed by atoms with Crippen molar-refractivity contribution in [3.8, 4) is 0 Å². The van der Waals surface area contributed by atoms with Crippen molar-refractivity contribution < 1.29 is 4.79 Å². The van der Waals surface area contributed by atoms with Gasteiger partial charge in [0.15, 0.2) is 0 Å². The molecule has 98 valence electrons. The molecule has 0 bridgehead atoms. The number of para-hydroxylation sites is 2. The molecule has 5 heteroatoms. The fourth-order valence-electron chi connectivity index (χ4n) is 2.30. The van der Waals surface area contributed by atoms with E-state index in [-0.39, 0.29) is 11.9 Å². The minimum atomic E-state index is -0.146. The molecule has 1 amide bonds. The van der Waals surface area contributed by atoms with Crippen molar-refractivity contribution in [3.63, 3.8) is 0 Å². The van der Waals surface area contributed by atoms with Gasteiger partial charge < -0.3 is 10.6 Å². The van der Waals surface area contributed by atoms with Gasteiger partial charge in [-0.2, -0.15) is 0 Å². The molecule has 19 heavy (non-hydrogen) atoms. The summed E-state index contributed by atoms with van der Waals surface area (Å²) in [6, 6.07) is 7.74. The minimum Gasteiger partial charge on any atom is -0.347 e. The fourth-order valence-corrected chi connectivity index (χ4v) is 2.30. The maximum absolute atomic E-state index is 12.1. The third-order valence-electron chi connectivity index (χ3n) is 3.31. The molecular formula is C14H16N4O. The first-order chi connectivity index (χ1) is 9.33. The van der Waals surface area contributed by atoms with Crippen molar-refractivity contribution in [1.82, 2.24) is 20.6 Å². The van der Waals surface area contributed by atoms with Gasteiger partial charge in [0.2, 0.25) is 0 Å². The lowest BCUT2D eigenvalue weighted by atomic mass is 10.1. The third kappa shape index (κ3) is 2.71. The Morgan fingerprint density at radius 3 is 2.95 bits per heavy atom. The number of carbonyl (C=O) groups is 1. The van der Waals surface area contributed by atoms with Crippen LogP contribution in [0, 0.1) is 0 Å². The second-order valence-electron chi connectivity index (χ2n) is 4.76. The van der Waals surface area contributed by atoms with Gasteiger partial charge in [-0.25, -0.2) is 4.98 Å². The molecule has 0 aliphatic carbocycles. The predicted octanol–water partition coefficient (Wildman–Crippen LogP) is 1.11. The summed E-state index contributed by atoms with van der Waals surface area (Å²) < 4.78 is 0. The van der Waals surface area contributed by atoms with Crippen molar-refractivity contribution in [3.05, 3.63) is 36.2 Å². The van der Waals surface area contributed by atoms with Crippen LogP contribution in [0.4, 0.5) is 0 Å². The van der Waals surface area contributed by atoms with E-state index >= 15 is 0 Å². The van der Waals surface area contributed by atoms with Crippen molar-refractivity contribution >= 4 is 16.9 Å². The molecule has 3 rings (SSSR count). The van der Waals surface area contributed by atoms with E-state index in [1.165, 1.54) is 6.20 Å². The molecular weight excluding hydrogens is 240 g/mol. The average Bonchev–Trinajstić information content (AvgIpc) is 2.48. The third-order valence-corrected chi connectivity index (χ3v) is 3.31. The second kappa shape index (κ2) is 5.32. The first-order valence-electron chi connectivity index (χ1n) is 6.56. The first-order valence-corrected chi connectivity index (χ1v) is 6.56. The van der Waals surface area contributed by atoms with Gasteiger partial charge in [-0.1, -0.05) is 12.1 Å². The summed E-state index contributed by atoms with van der Waals surface area (Å²) in [4.78, 5) is 20.7. The van der Waals surface area contributed by atoms with Gasteiger partial charge in [-0.05, 0) is 31.5 Å². The monoisotopic (exact) mass is 256 g/mol. The molecule has 1 saturated heterocycles. The van der Waals surface area contributed by atoms with Crippen LogP contribution in [0.25, 0.3) is 11.0 Å². The molecule has 5 nitrogen and oxygen atoms in total. The average molecular weight is 256 g/mol. The van der Waals surface area contributed by atoms with Gasteiger partial charge in [0.05, 0.1) is 17.2 Å². The number of hydrogen-bond donors (Lipinski definition) is 2. The molecule has 1 atom stereocenters. The zero-order chi connectivity index (χ0) is 13.1. The van der Waals surface area contributed by atoms with Crippen molar-refractivity contribution in [2.75, 3.05) is 13.1 Å². The number of rotatable bonds is 2. The Bertz CT molecular complexity index is 593. The number of benzene rings is 1. The molecule has 2 N–H and O–H groups in total. The number of aromatic nitrogens is 2. The molecule has 0 spiro atoms. The summed E-state index contributed by atoms with van der Waals surface area (Å²) in [6.45, 7) is 1.86. The molecule has 1 aliphatic heterocycles. The summed E-state index contributed by atoms with van der Waals surface area (Å²) in [5.74, 6) is -0.146. The number of carbonyl (C=O) groups excluding carboxylic acids is 1. The van der Waals surface area contributed by atoms with E-state index < -0.39 is 0 Å². The van der Waals surface area contributed by atoms with Crippen LogP contribution in [-0.2, 0) is 0 Å². The molecule has 0 saturated carbocycles. The van der Waals surface area contributed by atoms with E-state index in [1.54, 1.807) is 0 Å². The zero-order valence-electron chi connectivity index (χ0n) is 10.6. The van der Waals surface area contributed by atoms with Crippen molar-refractivity contribution in [2.45, 2.75) is 18.9 Å². The minimum absolute atomic E-state index is 0.146. The Kier molecular flexibility index (Phi) is 3.37. The topological polar surface area (TPSA) is 66.9 Å². The van der Waals surface area contributed by atoms with Crippen LogP contribution < -0.4 is 10.6 Å². The number of hydrogen-bond acceptors (Lipinski definition) is 4. The lowest BCUT2D eigenvalue weighted by molar-refractivity contribution is 0.0925. The Balaban J connectivity index is 1.77. The number of nitrogens with zero attached hydrogens (tertiary/aromatic N) is 2. The highest BCUT2D eigenvalue weighted by Gasteiger charge is 2.17. The molecule has 1 fully saturated rings. The molecule has 2 aromatic rings. The smallest absolute Gasteiger partial charge is 0.271 e. The van der Waals surface area contributed by atoms with Crippen LogP contribution >= 0.6 is 0 Å². The summed E-state index contributed by atoms with van der Waals surface area (Å²) in [5.41, 5.74) is 1.93. The lowest BCUT2D eigenvalue weighted by Crippen LogP contribution is -2.45. The summed E-state index contributed by atoms with van der Waals surface area (Å²) in [6.07, 6.45) is 3.64. The normalized spacial score (nSPS) is 19.3. The van der Waals surface area contributed by atoms with Crippen LogP contribution in [0.3, 0.4) is 0 Å². The number of amides is 1. The number of piperidine rings is 1. The van der Waals surface area contributed by atoms with Gasteiger partial charge in [0.1, 0.15) is 5.69 Å². The maximum atomic E-state index is 12.1. The highest BCUT2D eigenvalue weighted by Crippen LogP contribution is 2.09. The van der Waals surface area contributed by atoms with E-state index in [1.807, 2.05) is 24.3 Å². The van der Waals surface area contributed by atoms with Crippen LogP contribution in [0.1, 0.15) is 23.3 Å². The Labute approximate surface area is 111 Å². The second-order valence-corrected chi connectivity index (χ2v) is 4.76. The van der Waals surface area contributed by atoms with Gasteiger partial charge in [-0.15, -0.1) is 0 Å². The summed E-state index contributed by atoms with van der Waals surface area (Å²) >= 11 is 0. The SMILES string of the molecule is O=C(N[C@H]1CCCNC1)c1cnc2ccccc2n1. The Morgan fingerprint density at radius 1 is 1.32 bits per heavy atom. The first kappa shape index (κ1) is 12.0. The van der Waals surface area contributed by atoms with Crippen molar-refractivity contribution in [2.24, 2.45) is 0 Å². The standard InChI is InChI=1S/C14H16N4O/c19-14(17-10-4-3-7-15-8-10)13-9-16-11-5-1-2-6-12(11)18-13/h1-2,5-6,9-10,15H,3-4,7-8H2,(H,17,19)/t10-/m0/s1. The highest BCUT2D eigenvalue weighted by atomic mass is 16.1. The fraction of sp³-hybridized carbons (Fsp3) is 0.357. The molecule has 2 heterocycles. The molecule has 0 unspecified atom stereocenters. The van der Waals surface area contributed by atoms with Gasteiger partial charge in [-0.3, -0.25) is 9.78 Å². The van der Waals surface area contributed by atoms with E-state index in [9.17, 15) is 4.79 Å². The predicted molar refractivity (Wildman–Crippen MR) is 72.9 cm³/mol. The van der Waals surface area contributed by atoms with E-state index in [0.29, 0.717) is 5.69 Å². The highest BCUT2D eigenvalue weighted by molar-refractivity contribution is 5.93. The van der Waals surface area contributed by atoms with Gasteiger partial charge in [0, 0.05) is 12.6 Å². The Morgan fingerprint density at radius 2 is 2.16 bits per heavy atom. The lowest BCUT2D eigenvalue weighted by Gasteiger charge is -2.23. The largest absolute Gasteiger partial charge is 0.347 e. The molecule has 1 aromatic heterocycles. The van der Waals surface area contributed by atoms with Crippen LogP contribution in [0.2, 0.25) is 0 Å². The van der Waals surface area contributed by atoms with E-state index in [4.69, 9.17) is 0 Å². The van der Waals surface area contributed by atoms with Gasteiger partial charge >= 0.3 is 0 Å². The Hall–Kier alpha value is -2.01. The maximum Gasteiger partial charge on any atom is 0.271 e. The zero-order valence-corrected chi connectivity index (χ0v) is 10.6. The summed E-state index contributed by atoms with van der Waals surface area (Å²) in [5, 5.41) is 6.27. The number of nitrogens with one attached hydrogen (secondary N) is 2. The summed E-state index contributed by atoms with van der Waals surface area (Å²) in [7, 11) is 0. The van der Waals surface area contributed by atoms with Gasteiger partial charge in [0.25, 0.3) is 5.91 Å². The van der Waals surface area contributed by atoms with E-state index in [0.717, 1.165) is 37.0 Å². The van der Waals surface area contributed by atoms with Crippen LogP contribution in [0.5, 0.6) is 0 Å². The van der Waals surface area contributed by atoms with E-state index in [2.05, 4.69) is 20.6 Å². The number of fused-ring (bicyclic) bond motifs is 1. The molecule has 0 radical (unpaired) electrons. The van der Waals surface area contributed by atoms with Crippen molar-refractivity contribution in [1.29, 1.82) is 0 Å².